The van der Waals surface area contributed by atoms with Crippen LogP contribution in [-0.2, 0) is 0 Å². The second-order valence-corrected chi connectivity index (χ2v) is 3.51. The molecular formula is C10H25N3. The quantitative estimate of drug-likeness (QED) is 0.516. The lowest BCUT2D eigenvalue weighted by molar-refractivity contribution is 0.326. The highest BCUT2D eigenvalue weighted by Gasteiger charge is 1.95. The van der Waals surface area contributed by atoms with Gasteiger partial charge in [-0.1, -0.05) is 6.92 Å². The summed E-state index contributed by atoms with van der Waals surface area (Å²) in [5, 5.41) is 6.56. The number of likely N-dealkylation sites (N-methyl/N-ethyl adjacent to an activating group) is 1. The van der Waals surface area contributed by atoms with Crippen LogP contribution in [0.3, 0.4) is 0 Å². The van der Waals surface area contributed by atoms with Crippen molar-refractivity contribution in [2.75, 3.05) is 46.8 Å². The van der Waals surface area contributed by atoms with Crippen LogP contribution in [0.25, 0.3) is 0 Å². The molecule has 0 aliphatic rings. The van der Waals surface area contributed by atoms with Crippen molar-refractivity contribution >= 4 is 0 Å². The van der Waals surface area contributed by atoms with E-state index in [0.29, 0.717) is 0 Å². The van der Waals surface area contributed by atoms with E-state index < -0.39 is 0 Å². The maximum atomic E-state index is 3.40. The Labute approximate surface area is 82.9 Å². The number of hydrogen-bond acceptors (Lipinski definition) is 3. The largest absolute Gasteiger partial charge is 0.320 e. The second kappa shape index (κ2) is 9.96. The lowest BCUT2D eigenvalue weighted by atomic mass is 10.4. The minimum Gasteiger partial charge on any atom is -0.320 e. The third-order valence-electron chi connectivity index (χ3n) is 2.06. The Morgan fingerprint density at radius 2 is 1.85 bits per heavy atom. The van der Waals surface area contributed by atoms with Crippen LogP contribution in [0.4, 0.5) is 0 Å². The molecule has 0 atom stereocenters. The minimum absolute atomic E-state index is 1.11. The normalized spacial score (nSPS) is 11.1. The van der Waals surface area contributed by atoms with Gasteiger partial charge in [0.15, 0.2) is 0 Å². The topological polar surface area (TPSA) is 27.3 Å². The molecule has 0 saturated heterocycles. The molecule has 0 aliphatic heterocycles. The Morgan fingerprint density at radius 3 is 2.46 bits per heavy atom. The van der Waals surface area contributed by atoms with E-state index in [0.717, 1.165) is 26.2 Å². The van der Waals surface area contributed by atoms with Crippen LogP contribution in [0.1, 0.15) is 19.8 Å². The Morgan fingerprint density at radius 1 is 1.08 bits per heavy atom. The van der Waals surface area contributed by atoms with E-state index in [1.807, 2.05) is 7.05 Å². The molecule has 13 heavy (non-hydrogen) atoms. The van der Waals surface area contributed by atoms with E-state index in [9.17, 15) is 0 Å². The van der Waals surface area contributed by atoms with Gasteiger partial charge >= 0.3 is 0 Å². The SMILES string of the molecule is CCCNCCN(C)CCCNC. The maximum Gasteiger partial charge on any atom is 0.0104 e. The summed E-state index contributed by atoms with van der Waals surface area (Å²) in [6.07, 6.45) is 2.46. The standard InChI is InChI=1S/C10H25N3/c1-4-6-12-8-10-13(3)9-5-7-11-2/h11-12H,4-10H2,1-3H3. The molecule has 0 aromatic heterocycles. The van der Waals surface area contributed by atoms with E-state index in [2.05, 4.69) is 29.5 Å². The second-order valence-electron chi connectivity index (χ2n) is 3.51. The first-order chi connectivity index (χ1) is 6.31. The van der Waals surface area contributed by atoms with Crippen LogP contribution in [-0.4, -0.2) is 51.7 Å². The summed E-state index contributed by atoms with van der Waals surface area (Å²) in [5.41, 5.74) is 0. The van der Waals surface area contributed by atoms with Gasteiger partial charge in [-0.15, -0.1) is 0 Å². The average molecular weight is 187 g/mol. The van der Waals surface area contributed by atoms with Crippen molar-refractivity contribution in [3.05, 3.63) is 0 Å². The lowest BCUT2D eigenvalue weighted by Crippen LogP contribution is -2.31. The van der Waals surface area contributed by atoms with Gasteiger partial charge in [-0.25, -0.2) is 0 Å². The fourth-order valence-electron chi connectivity index (χ4n) is 1.21. The van der Waals surface area contributed by atoms with Crippen LogP contribution < -0.4 is 10.6 Å². The van der Waals surface area contributed by atoms with E-state index in [1.54, 1.807) is 0 Å². The summed E-state index contributed by atoms with van der Waals surface area (Å²) < 4.78 is 0. The molecule has 0 spiro atoms. The predicted molar refractivity (Wildman–Crippen MR) is 59.2 cm³/mol. The Hall–Kier alpha value is -0.120. The molecule has 0 unspecified atom stereocenters. The molecular weight excluding hydrogens is 162 g/mol. The van der Waals surface area contributed by atoms with Crippen molar-refractivity contribution in [1.82, 2.24) is 15.5 Å². The van der Waals surface area contributed by atoms with Gasteiger partial charge in [-0.05, 0) is 46.6 Å². The highest BCUT2D eigenvalue weighted by atomic mass is 15.1. The molecule has 0 radical (unpaired) electrons. The number of nitrogens with zero attached hydrogens (tertiary/aromatic N) is 1. The Kier molecular flexibility index (Phi) is 9.87. The summed E-state index contributed by atoms with van der Waals surface area (Å²) in [5.74, 6) is 0. The van der Waals surface area contributed by atoms with Crippen molar-refractivity contribution in [2.45, 2.75) is 19.8 Å². The molecule has 3 nitrogen and oxygen atoms in total. The van der Waals surface area contributed by atoms with Crippen LogP contribution in [0.2, 0.25) is 0 Å². The summed E-state index contributed by atoms with van der Waals surface area (Å²) in [6, 6.07) is 0. The van der Waals surface area contributed by atoms with Crippen LogP contribution >= 0.6 is 0 Å². The lowest BCUT2D eigenvalue weighted by Gasteiger charge is -2.16. The van der Waals surface area contributed by atoms with Gasteiger partial charge in [0.1, 0.15) is 0 Å². The molecule has 0 saturated carbocycles. The Bertz CT molecular complexity index is 96.2. The minimum atomic E-state index is 1.11. The van der Waals surface area contributed by atoms with Gasteiger partial charge in [-0.3, -0.25) is 0 Å². The molecule has 3 heteroatoms. The molecule has 0 aromatic rings. The van der Waals surface area contributed by atoms with Gasteiger partial charge in [0.25, 0.3) is 0 Å². The molecule has 2 N–H and O–H groups in total. The monoisotopic (exact) mass is 187 g/mol. The van der Waals surface area contributed by atoms with Crippen molar-refractivity contribution in [3.63, 3.8) is 0 Å². The molecule has 0 amide bonds. The molecule has 0 aliphatic carbocycles. The van der Waals surface area contributed by atoms with E-state index in [4.69, 9.17) is 0 Å². The smallest absolute Gasteiger partial charge is 0.0104 e. The fourth-order valence-corrected chi connectivity index (χ4v) is 1.21. The first kappa shape index (κ1) is 12.9. The zero-order chi connectivity index (χ0) is 9.94. The zero-order valence-corrected chi connectivity index (χ0v) is 9.40. The Balaban J connectivity index is 3.05. The highest BCUT2D eigenvalue weighted by molar-refractivity contribution is 4.55. The van der Waals surface area contributed by atoms with Gasteiger partial charge in [0.05, 0.1) is 0 Å². The summed E-state index contributed by atoms with van der Waals surface area (Å²) in [4.78, 5) is 2.38. The van der Waals surface area contributed by atoms with Crippen molar-refractivity contribution < 1.29 is 0 Å². The average Bonchev–Trinajstić information content (AvgIpc) is 2.13. The summed E-state index contributed by atoms with van der Waals surface area (Å²) in [7, 11) is 4.19. The van der Waals surface area contributed by atoms with Gasteiger partial charge in [-0.2, -0.15) is 0 Å². The fraction of sp³-hybridized carbons (Fsp3) is 1.00. The summed E-state index contributed by atoms with van der Waals surface area (Å²) >= 11 is 0. The van der Waals surface area contributed by atoms with E-state index in [-0.39, 0.29) is 0 Å². The van der Waals surface area contributed by atoms with Crippen LogP contribution in [0.5, 0.6) is 0 Å². The zero-order valence-electron chi connectivity index (χ0n) is 9.40. The van der Waals surface area contributed by atoms with Crippen LogP contribution in [0, 0.1) is 0 Å². The highest BCUT2D eigenvalue weighted by Crippen LogP contribution is 1.84. The molecule has 0 aromatic carbocycles. The first-order valence-electron chi connectivity index (χ1n) is 5.35. The third-order valence-corrected chi connectivity index (χ3v) is 2.06. The third kappa shape index (κ3) is 9.80. The molecule has 0 rings (SSSR count). The van der Waals surface area contributed by atoms with Gasteiger partial charge in [0.2, 0.25) is 0 Å². The predicted octanol–water partition coefficient (Wildman–Crippen LogP) is 0.527. The van der Waals surface area contributed by atoms with E-state index >= 15 is 0 Å². The van der Waals surface area contributed by atoms with Crippen molar-refractivity contribution in [3.8, 4) is 0 Å². The molecule has 80 valence electrons. The van der Waals surface area contributed by atoms with Gasteiger partial charge in [0, 0.05) is 13.1 Å². The number of rotatable bonds is 9. The maximum absolute atomic E-state index is 3.40. The van der Waals surface area contributed by atoms with Crippen LogP contribution in [0.15, 0.2) is 0 Å². The first-order valence-corrected chi connectivity index (χ1v) is 5.35. The number of nitrogens with one attached hydrogen (secondary N) is 2. The number of hydrogen-bond donors (Lipinski definition) is 2. The van der Waals surface area contributed by atoms with Crippen molar-refractivity contribution in [2.24, 2.45) is 0 Å². The van der Waals surface area contributed by atoms with Gasteiger partial charge < -0.3 is 15.5 Å². The van der Waals surface area contributed by atoms with E-state index in [1.165, 1.54) is 19.4 Å². The molecule has 0 bridgehead atoms. The molecule has 0 fully saturated rings. The summed E-state index contributed by atoms with van der Waals surface area (Å²) in [6.45, 7) is 7.92. The molecule has 0 heterocycles. The van der Waals surface area contributed by atoms with Crippen molar-refractivity contribution in [1.29, 1.82) is 0 Å².